The van der Waals surface area contributed by atoms with Gasteiger partial charge in [0.05, 0.1) is 19.6 Å². The van der Waals surface area contributed by atoms with Gasteiger partial charge in [-0.1, -0.05) is 49.7 Å². The molecule has 2 aromatic rings. The summed E-state index contributed by atoms with van der Waals surface area (Å²) >= 11 is 6.73. The second-order valence-corrected chi connectivity index (χ2v) is 9.68. The average molecular weight is 387 g/mol. The zero-order valence-electron chi connectivity index (χ0n) is 16.6. The second-order valence-electron chi connectivity index (χ2n) is 9.27. The Bertz CT molecular complexity index is 870. The molecule has 0 amide bonds. The van der Waals surface area contributed by atoms with Gasteiger partial charge in [0.15, 0.2) is 6.04 Å². The molecular weight excluding hydrogens is 358 g/mol. The van der Waals surface area contributed by atoms with E-state index in [2.05, 4.69) is 39.1 Å². The van der Waals surface area contributed by atoms with Gasteiger partial charge in [-0.2, -0.15) is 4.65 Å². The number of hydrogen-bond donors (Lipinski definition) is 1. The largest absolute Gasteiger partial charge is 0.508 e. The molecule has 0 bridgehead atoms. The van der Waals surface area contributed by atoms with Crippen LogP contribution in [0.1, 0.15) is 49.4 Å². The van der Waals surface area contributed by atoms with E-state index >= 15 is 0 Å². The minimum absolute atomic E-state index is 0.0891. The molecule has 0 saturated heterocycles. The highest BCUT2D eigenvalue weighted by molar-refractivity contribution is 6.31. The molecule has 144 valence electrons. The number of phenols is 1. The van der Waals surface area contributed by atoms with Gasteiger partial charge in [0, 0.05) is 17.0 Å². The van der Waals surface area contributed by atoms with Crippen molar-refractivity contribution in [2.75, 3.05) is 20.7 Å². The van der Waals surface area contributed by atoms with E-state index in [1.54, 1.807) is 13.2 Å². The summed E-state index contributed by atoms with van der Waals surface area (Å²) in [4.78, 5) is 6.11. The predicted octanol–water partition coefficient (Wildman–Crippen LogP) is 5.41. The number of fused-ring (bicyclic) bond motifs is 1. The van der Waals surface area contributed by atoms with Crippen LogP contribution in [0, 0.1) is 5.41 Å². The standard InChI is InChI=1S/C23H28ClNO2/c1-22(2)14-23(15-22,19-7-5-6-8-20(19)24)21-18-13-17(26)10-9-16(18)11-12-25(21,3)27-4/h5-10,13,21H,11-12,14-15H2,1-4H3/p+1. The summed E-state index contributed by atoms with van der Waals surface area (Å²) < 4.78 is 0.498. The third-order valence-electron chi connectivity index (χ3n) is 6.73. The monoisotopic (exact) mass is 386 g/mol. The molecule has 27 heavy (non-hydrogen) atoms. The molecule has 4 heteroatoms. The first-order valence-electron chi connectivity index (χ1n) is 9.69. The van der Waals surface area contributed by atoms with Gasteiger partial charge in [-0.25, -0.2) is 4.84 Å². The molecule has 2 aromatic carbocycles. The summed E-state index contributed by atoms with van der Waals surface area (Å²) in [5.74, 6) is 0.316. The van der Waals surface area contributed by atoms with Crippen LogP contribution in [0.15, 0.2) is 42.5 Å². The number of benzene rings is 2. The van der Waals surface area contributed by atoms with Crippen molar-refractivity contribution < 1.29 is 14.6 Å². The van der Waals surface area contributed by atoms with Crippen LogP contribution in [0.4, 0.5) is 0 Å². The summed E-state index contributed by atoms with van der Waals surface area (Å²) in [7, 11) is 3.96. The number of phenolic OH excluding ortho intramolecular Hbond substituents is 1. The molecule has 2 aliphatic rings. The molecular formula is C23H29ClNO2+. The highest BCUT2D eigenvalue weighted by Gasteiger charge is 2.63. The third kappa shape index (κ3) is 2.88. The highest BCUT2D eigenvalue weighted by Crippen LogP contribution is 2.65. The lowest BCUT2D eigenvalue weighted by molar-refractivity contribution is -1.12. The van der Waals surface area contributed by atoms with Crippen molar-refractivity contribution in [3.05, 3.63) is 64.2 Å². The number of rotatable bonds is 3. The summed E-state index contributed by atoms with van der Waals surface area (Å²) in [6.07, 6.45) is 3.03. The Labute approximate surface area is 167 Å². The van der Waals surface area contributed by atoms with E-state index < -0.39 is 0 Å². The quantitative estimate of drug-likeness (QED) is 0.715. The molecule has 0 aromatic heterocycles. The maximum absolute atomic E-state index is 10.3. The molecule has 3 nitrogen and oxygen atoms in total. The fourth-order valence-electron chi connectivity index (χ4n) is 5.90. The lowest BCUT2D eigenvalue weighted by atomic mass is 9.47. The van der Waals surface area contributed by atoms with Gasteiger partial charge in [-0.15, -0.1) is 0 Å². The summed E-state index contributed by atoms with van der Waals surface area (Å²) in [5.41, 5.74) is 3.85. The highest BCUT2D eigenvalue weighted by atomic mass is 35.5. The smallest absolute Gasteiger partial charge is 0.154 e. The number of hydrogen-bond acceptors (Lipinski definition) is 2. The molecule has 4 rings (SSSR count). The van der Waals surface area contributed by atoms with E-state index in [9.17, 15) is 5.11 Å². The average Bonchev–Trinajstić information content (AvgIpc) is 2.59. The van der Waals surface area contributed by atoms with Crippen molar-refractivity contribution in [2.24, 2.45) is 5.41 Å². The van der Waals surface area contributed by atoms with Gasteiger partial charge in [0.1, 0.15) is 12.3 Å². The van der Waals surface area contributed by atoms with Gasteiger partial charge >= 0.3 is 0 Å². The molecule has 1 aliphatic heterocycles. The number of hydroxylamine groups is 3. The van der Waals surface area contributed by atoms with Gasteiger partial charge in [-0.05, 0) is 47.6 Å². The Morgan fingerprint density at radius 1 is 1.15 bits per heavy atom. The third-order valence-corrected chi connectivity index (χ3v) is 7.06. The maximum Gasteiger partial charge on any atom is 0.154 e. The van der Waals surface area contributed by atoms with Crippen LogP contribution in [0.25, 0.3) is 0 Å². The number of halogens is 1. The Morgan fingerprint density at radius 2 is 1.85 bits per heavy atom. The lowest BCUT2D eigenvalue weighted by Gasteiger charge is -2.60. The van der Waals surface area contributed by atoms with Crippen LogP contribution in [0.5, 0.6) is 5.75 Å². The van der Waals surface area contributed by atoms with Crippen LogP contribution in [0.3, 0.4) is 0 Å². The van der Waals surface area contributed by atoms with Crippen molar-refractivity contribution in [1.29, 1.82) is 0 Å². The Balaban J connectivity index is 1.96. The molecule has 1 heterocycles. The minimum atomic E-state index is -0.116. The van der Waals surface area contributed by atoms with E-state index in [4.69, 9.17) is 16.4 Å². The molecule has 0 radical (unpaired) electrons. The van der Waals surface area contributed by atoms with Crippen molar-refractivity contribution in [2.45, 2.75) is 44.6 Å². The molecule has 1 fully saturated rings. The maximum atomic E-state index is 10.3. The van der Waals surface area contributed by atoms with Gasteiger partial charge in [-0.3, -0.25) is 0 Å². The summed E-state index contributed by atoms with van der Waals surface area (Å²) in [6, 6.07) is 14.1. The van der Waals surface area contributed by atoms with Gasteiger partial charge in [0.2, 0.25) is 0 Å². The molecule has 1 N–H and O–H groups in total. The lowest BCUT2D eigenvalue weighted by Crippen LogP contribution is -2.63. The number of likely N-dealkylation sites (N-methyl/N-ethyl adjacent to an activating group) is 1. The normalized spacial score (nSPS) is 28.3. The zero-order valence-corrected chi connectivity index (χ0v) is 17.4. The topological polar surface area (TPSA) is 29.5 Å². The first-order chi connectivity index (χ1) is 12.7. The first-order valence-corrected chi connectivity index (χ1v) is 10.1. The van der Waals surface area contributed by atoms with Crippen LogP contribution < -0.4 is 0 Å². The van der Waals surface area contributed by atoms with E-state index in [0.717, 1.165) is 30.8 Å². The molecule has 2 unspecified atom stereocenters. The van der Waals surface area contributed by atoms with E-state index in [0.29, 0.717) is 10.4 Å². The first kappa shape index (κ1) is 18.8. The second kappa shape index (κ2) is 6.23. The fraction of sp³-hybridized carbons (Fsp3) is 0.478. The van der Waals surface area contributed by atoms with Crippen LogP contribution in [0.2, 0.25) is 5.02 Å². The van der Waals surface area contributed by atoms with Crippen LogP contribution >= 0.6 is 11.6 Å². The van der Waals surface area contributed by atoms with Crippen molar-refractivity contribution in [3.8, 4) is 5.75 Å². The number of quaternary nitrogens is 1. The Hall–Kier alpha value is -1.55. The van der Waals surface area contributed by atoms with Crippen molar-refractivity contribution in [1.82, 2.24) is 0 Å². The van der Waals surface area contributed by atoms with E-state index in [1.807, 2.05) is 18.2 Å². The molecule has 2 atom stereocenters. The van der Waals surface area contributed by atoms with E-state index in [1.165, 1.54) is 16.7 Å². The van der Waals surface area contributed by atoms with Crippen LogP contribution in [-0.4, -0.2) is 30.5 Å². The van der Waals surface area contributed by atoms with Gasteiger partial charge < -0.3 is 5.11 Å². The predicted molar refractivity (Wildman–Crippen MR) is 109 cm³/mol. The molecule has 1 saturated carbocycles. The van der Waals surface area contributed by atoms with Crippen LogP contribution in [-0.2, 0) is 16.7 Å². The van der Waals surface area contributed by atoms with Gasteiger partial charge in [0.25, 0.3) is 0 Å². The molecule has 0 spiro atoms. The fourth-order valence-corrected chi connectivity index (χ4v) is 6.22. The molecule has 1 aliphatic carbocycles. The minimum Gasteiger partial charge on any atom is -0.508 e. The summed E-state index contributed by atoms with van der Waals surface area (Å²) in [5, 5.41) is 11.1. The SMILES string of the molecule is CO[N+]1(C)CCc2ccc(O)cc2C1C1(c2ccccc2Cl)CC(C)(C)C1. The van der Waals surface area contributed by atoms with Crippen molar-refractivity contribution >= 4 is 11.6 Å². The van der Waals surface area contributed by atoms with E-state index in [-0.39, 0.29) is 16.9 Å². The summed E-state index contributed by atoms with van der Waals surface area (Å²) in [6.45, 7) is 5.56. The number of aromatic hydroxyl groups is 1. The number of nitrogens with zero attached hydrogens (tertiary/aromatic N) is 1. The zero-order chi connectivity index (χ0) is 19.4. The Kier molecular flexibility index (Phi) is 4.34. The van der Waals surface area contributed by atoms with Crippen molar-refractivity contribution in [3.63, 3.8) is 0 Å². The Morgan fingerprint density at radius 3 is 2.48 bits per heavy atom.